The van der Waals surface area contributed by atoms with Gasteiger partial charge in [-0.15, -0.1) is 0 Å². The molecular formula is C10H17NO2S2. The van der Waals surface area contributed by atoms with Gasteiger partial charge in [0.2, 0.25) is 0 Å². The summed E-state index contributed by atoms with van der Waals surface area (Å²) >= 11 is 6.56. The van der Waals surface area contributed by atoms with Crippen molar-refractivity contribution >= 4 is 34.3 Å². The highest BCUT2D eigenvalue weighted by molar-refractivity contribution is 8.24. The number of unbranched alkanes of at least 4 members (excludes halogenated alkanes) is 1. The van der Waals surface area contributed by atoms with Crippen molar-refractivity contribution < 1.29 is 9.53 Å². The van der Waals surface area contributed by atoms with Gasteiger partial charge in [-0.25, -0.2) is 4.79 Å². The van der Waals surface area contributed by atoms with E-state index in [9.17, 15) is 4.79 Å². The molecule has 0 aromatic rings. The average Bonchev–Trinajstić information content (AvgIpc) is 2.39. The molecule has 1 aliphatic heterocycles. The molecule has 0 amide bonds. The third-order valence-electron chi connectivity index (χ3n) is 2.29. The van der Waals surface area contributed by atoms with E-state index in [2.05, 4.69) is 12.2 Å². The van der Waals surface area contributed by atoms with Gasteiger partial charge >= 0.3 is 5.97 Å². The fourth-order valence-electron chi connectivity index (χ4n) is 1.36. The predicted molar refractivity (Wildman–Crippen MR) is 67.1 cm³/mol. The normalized spacial score (nSPS) is 23.7. The highest BCUT2D eigenvalue weighted by Crippen LogP contribution is 2.35. The molecule has 1 rings (SSSR count). The SMILES string of the molecule is CCCCOC(=O)C1NC(=S)SC1(C)C. The van der Waals surface area contributed by atoms with Crippen LogP contribution in [0.25, 0.3) is 0 Å². The van der Waals surface area contributed by atoms with Crippen molar-refractivity contribution in [3.05, 3.63) is 0 Å². The van der Waals surface area contributed by atoms with E-state index >= 15 is 0 Å². The maximum atomic E-state index is 11.7. The minimum absolute atomic E-state index is 0.194. The molecule has 0 aromatic heterocycles. The average molecular weight is 247 g/mol. The van der Waals surface area contributed by atoms with Crippen LogP contribution in [0.2, 0.25) is 0 Å². The van der Waals surface area contributed by atoms with E-state index in [1.807, 2.05) is 13.8 Å². The second kappa shape index (κ2) is 5.16. The van der Waals surface area contributed by atoms with Crippen molar-refractivity contribution in [2.75, 3.05) is 6.61 Å². The van der Waals surface area contributed by atoms with Crippen LogP contribution in [0, 0.1) is 0 Å². The number of esters is 1. The fraction of sp³-hybridized carbons (Fsp3) is 0.800. The maximum Gasteiger partial charge on any atom is 0.330 e. The molecule has 0 saturated carbocycles. The van der Waals surface area contributed by atoms with Crippen molar-refractivity contribution in [2.24, 2.45) is 0 Å². The van der Waals surface area contributed by atoms with Gasteiger partial charge in [0, 0.05) is 4.75 Å². The number of carbonyl (C=O) groups is 1. The molecule has 1 saturated heterocycles. The summed E-state index contributed by atoms with van der Waals surface area (Å²) in [5, 5.41) is 2.99. The van der Waals surface area contributed by atoms with E-state index in [4.69, 9.17) is 17.0 Å². The van der Waals surface area contributed by atoms with Crippen LogP contribution in [0.1, 0.15) is 33.6 Å². The van der Waals surface area contributed by atoms with Crippen LogP contribution in [-0.4, -0.2) is 27.7 Å². The van der Waals surface area contributed by atoms with Gasteiger partial charge in [0.1, 0.15) is 10.4 Å². The Morgan fingerprint density at radius 3 is 2.80 bits per heavy atom. The Kier molecular flexibility index (Phi) is 4.40. The lowest BCUT2D eigenvalue weighted by atomic mass is 10.0. The molecule has 1 N–H and O–H groups in total. The third-order valence-corrected chi connectivity index (χ3v) is 3.72. The number of rotatable bonds is 4. The molecule has 0 bridgehead atoms. The van der Waals surface area contributed by atoms with Crippen LogP contribution in [-0.2, 0) is 9.53 Å². The van der Waals surface area contributed by atoms with Crippen LogP contribution < -0.4 is 5.32 Å². The second-order valence-corrected chi connectivity index (χ2v) is 6.42. The van der Waals surface area contributed by atoms with Crippen LogP contribution >= 0.6 is 24.0 Å². The Balaban J connectivity index is 2.48. The minimum Gasteiger partial charge on any atom is -0.464 e. The van der Waals surface area contributed by atoms with Gasteiger partial charge in [-0.1, -0.05) is 37.3 Å². The van der Waals surface area contributed by atoms with Gasteiger partial charge < -0.3 is 10.1 Å². The van der Waals surface area contributed by atoms with E-state index in [-0.39, 0.29) is 16.8 Å². The van der Waals surface area contributed by atoms with E-state index in [0.717, 1.165) is 12.8 Å². The Labute approximate surface area is 100 Å². The summed E-state index contributed by atoms with van der Waals surface area (Å²) in [6.07, 6.45) is 1.94. The highest BCUT2D eigenvalue weighted by Gasteiger charge is 2.43. The van der Waals surface area contributed by atoms with Crippen LogP contribution in [0.4, 0.5) is 0 Å². The van der Waals surface area contributed by atoms with E-state index in [1.54, 1.807) is 0 Å². The first-order valence-corrected chi connectivity index (χ1v) is 6.36. The van der Waals surface area contributed by atoms with Crippen LogP contribution in [0.5, 0.6) is 0 Å². The zero-order valence-electron chi connectivity index (χ0n) is 9.33. The molecule has 0 radical (unpaired) electrons. The van der Waals surface area contributed by atoms with Gasteiger partial charge in [0.25, 0.3) is 0 Å². The first-order valence-electron chi connectivity index (χ1n) is 5.13. The summed E-state index contributed by atoms with van der Waals surface area (Å²) in [6, 6.07) is -0.313. The van der Waals surface area contributed by atoms with Crippen molar-refractivity contribution in [1.82, 2.24) is 5.32 Å². The molecule has 0 aromatic carbocycles. The van der Waals surface area contributed by atoms with Gasteiger partial charge in [-0.2, -0.15) is 0 Å². The topological polar surface area (TPSA) is 38.3 Å². The quantitative estimate of drug-likeness (QED) is 0.468. The number of hydrogen-bond acceptors (Lipinski definition) is 4. The molecule has 86 valence electrons. The number of hydrogen-bond donors (Lipinski definition) is 1. The lowest BCUT2D eigenvalue weighted by molar-refractivity contribution is -0.146. The zero-order valence-corrected chi connectivity index (χ0v) is 11.0. The van der Waals surface area contributed by atoms with Crippen molar-refractivity contribution in [3.63, 3.8) is 0 Å². The summed E-state index contributed by atoms with van der Waals surface area (Å²) in [4.78, 5) is 11.7. The number of ether oxygens (including phenoxy) is 1. The first-order chi connectivity index (χ1) is 6.97. The van der Waals surface area contributed by atoms with Crippen molar-refractivity contribution in [1.29, 1.82) is 0 Å². The van der Waals surface area contributed by atoms with Crippen molar-refractivity contribution in [2.45, 2.75) is 44.4 Å². The Morgan fingerprint density at radius 2 is 2.33 bits per heavy atom. The smallest absolute Gasteiger partial charge is 0.330 e. The largest absolute Gasteiger partial charge is 0.464 e. The molecule has 1 unspecified atom stereocenters. The highest BCUT2D eigenvalue weighted by atomic mass is 32.2. The van der Waals surface area contributed by atoms with Crippen LogP contribution in [0.3, 0.4) is 0 Å². The Bertz CT molecular complexity index is 266. The number of carbonyl (C=O) groups excluding carboxylic acids is 1. The molecule has 5 heteroatoms. The molecule has 1 aliphatic rings. The second-order valence-electron chi connectivity index (χ2n) is 4.09. The third kappa shape index (κ3) is 3.34. The summed E-state index contributed by atoms with van der Waals surface area (Å²) in [5.74, 6) is -0.194. The molecule has 15 heavy (non-hydrogen) atoms. The summed E-state index contributed by atoms with van der Waals surface area (Å²) in [5.41, 5.74) is 0. The standard InChI is InChI=1S/C10H17NO2S2/c1-4-5-6-13-8(12)7-10(2,3)15-9(14)11-7/h7H,4-6H2,1-3H3,(H,11,14). The van der Waals surface area contributed by atoms with E-state index < -0.39 is 0 Å². The summed E-state index contributed by atoms with van der Waals surface area (Å²) in [6.45, 7) is 6.56. The minimum atomic E-state index is -0.313. The van der Waals surface area contributed by atoms with E-state index in [1.165, 1.54) is 11.8 Å². The summed E-state index contributed by atoms with van der Waals surface area (Å²) < 4.78 is 5.65. The fourth-order valence-corrected chi connectivity index (χ4v) is 3.05. The molecule has 1 heterocycles. The van der Waals surface area contributed by atoms with Crippen LogP contribution in [0.15, 0.2) is 0 Å². The molecule has 1 atom stereocenters. The molecule has 0 aliphatic carbocycles. The Hall–Kier alpha value is -0.290. The predicted octanol–water partition coefficient (Wildman–Crippen LogP) is 2.10. The monoisotopic (exact) mass is 247 g/mol. The maximum absolute atomic E-state index is 11.7. The van der Waals surface area contributed by atoms with Gasteiger partial charge in [0.05, 0.1) is 6.61 Å². The molecule has 0 spiro atoms. The Morgan fingerprint density at radius 1 is 1.67 bits per heavy atom. The number of thiocarbonyl (C=S) groups is 1. The molecule has 3 nitrogen and oxygen atoms in total. The van der Waals surface area contributed by atoms with Gasteiger partial charge in [-0.3, -0.25) is 0 Å². The first kappa shape index (κ1) is 12.8. The summed E-state index contributed by atoms with van der Waals surface area (Å²) in [7, 11) is 0. The van der Waals surface area contributed by atoms with Gasteiger partial charge in [0.15, 0.2) is 0 Å². The van der Waals surface area contributed by atoms with Gasteiger partial charge in [-0.05, 0) is 20.3 Å². The molecule has 1 fully saturated rings. The van der Waals surface area contributed by atoms with Crippen molar-refractivity contribution in [3.8, 4) is 0 Å². The number of thioether (sulfide) groups is 1. The number of nitrogens with one attached hydrogen (secondary N) is 1. The zero-order chi connectivity index (χ0) is 11.5. The lowest BCUT2D eigenvalue weighted by Gasteiger charge is -2.22. The van der Waals surface area contributed by atoms with E-state index in [0.29, 0.717) is 10.9 Å². The molecular weight excluding hydrogens is 230 g/mol. The lowest BCUT2D eigenvalue weighted by Crippen LogP contribution is -2.45.